The second-order valence-corrected chi connectivity index (χ2v) is 5.02. The Bertz CT molecular complexity index is 553. The molecule has 2 N–H and O–H groups in total. The van der Waals surface area contributed by atoms with Crippen molar-refractivity contribution in [1.82, 2.24) is 9.55 Å². The highest BCUT2D eigenvalue weighted by Crippen LogP contribution is 2.17. The van der Waals surface area contributed by atoms with Crippen LogP contribution in [0.4, 0.5) is 4.39 Å². The Morgan fingerprint density at radius 3 is 3.00 bits per heavy atom. The Hall–Kier alpha value is -1.39. The van der Waals surface area contributed by atoms with Gasteiger partial charge in [0.15, 0.2) is 0 Å². The zero-order valence-electron chi connectivity index (χ0n) is 10.8. The fraction of sp³-hybridized carbons (Fsp3) is 0.357. The smallest absolute Gasteiger partial charge is 0.128 e. The normalized spacial score (nSPS) is 12.6. The molecule has 1 aromatic carbocycles. The van der Waals surface area contributed by atoms with Crippen LogP contribution in [0.2, 0.25) is 5.02 Å². The molecule has 5 heteroatoms. The third-order valence-corrected chi connectivity index (χ3v) is 3.35. The van der Waals surface area contributed by atoms with E-state index in [-0.39, 0.29) is 11.9 Å². The molecule has 0 saturated heterocycles. The maximum Gasteiger partial charge on any atom is 0.128 e. The largest absolute Gasteiger partial charge is 0.330 e. The van der Waals surface area contributed by atoms with E-state index in [9.17, 15) is 4.39 Å². The molecular formula is C14H17ClFN3. The maximum atomic E-state index is 13.7. The Kier molecular flexibility index (Phi) is 4.56. The summed E-state index contributed by atoms with van der Waals surface area (Å²) in [6.45, 7) is 2.45. The Balaban J connectivity index is 2.19. The highest BCUT2D eigenvalue weighted by Gasteiger charge is 2.10. The van der Waals surface area contributed by atoms with E-state index in [0.29, 0.717) is 23.6 Å². The topological polar surface area (TPSA) is 43.8 Å². The summed E-state index contributed by atoms with van der Waals surface area (Å²) < 4.78 is 15.6. The van der Waals surface area contributed by atoms with Crippen LogP contribution in [-0.2, 0) is 13.0 Å². The Morgan fingerprint density at radius 1 is 1.47 bits per heavy atom. The van der Waals surface area contributed by atoms with E-state index in [1.165, 1.54) is 6.07 Å². The average Bonchev–Trinajstić information content (AvgIpc) is 2.81. The standard InChI is InChI=1S/C14H17ClFN3/c1-2-12(17)8-14-18-5-6-19(14)9-10-7-11(15)3-4-13(10)16/h3-7,12H,2,8-9,17H2,1H3. The number of hydrogen-bond acceptors (Lipinski definition) is 2. The van der Waals surface area contributed by atoms with Gasteiger partial charge in [0, 0.05) is 35.4 Å². The minimum absolute atomic E-state index is 0.0744. The van der Waals surface area contributed by atoms with Gasteiger partial charge in [0.1, 0.15) is 11.6 Å². The fourth-order valence-corrected chi connectivity index (χ4v) is 2.10. The van der Waals surface area contributed by atoms with Gasteiger partial charge < -0.3 is 10.3 Å². The average molecular weight is 282 g/mol. The molecule has 0 fully saturated rings. The summed E-state index contributed by atoms with van der Waals surface area (Å²) in [4.78, 5) is 4.28. The molecule has 0 radical (unpaired) electrons. The first-order chi connectivity index (χ1) is 9.10. The van der Waals surface area contributed by atoms with Crippen molar-refractivity contribution in [3.63, 3.8) is 0 Å². The van der Waals surface area contributed by atoms with Gasteiger partial charge in [0.05, 0.1) is 6.54 Å². The number of nitrogens with two attached hydrogens (primary N) is 1. The summed E-state index contributed by atoms with van der Waals surface area (Å²) in [6, 6.07) is 4.64. The monoisotopic (exact) mass is 281 g/mol. The number of aromatic nitrogens is 2. The highest BCUT2D eigenvalue weighted by molar-refractivity contribution is 6.30. The third kappa shape index (κ3) is 3.55. The molecule has 3 nitrogen and oxygen atoms in total. The number of rotatable bonds is 5. The molecule has 1 unspecified atom stereocenters. The first-order valence-corrected chi connectivity index (χ1v) is 6.67. The summed E-state index contributed by atoms with van der Waals surface area (Å²) in [5.74, 6) is 0.609. The minimum atomic E-state index is -0.260. The van der Waals surface area contributed by atoms with Crippen molar-refractivity contribution in [2.75, 3.05) is 0 Å². The van der Waals surface area contributed by atoms with Crippen LogP contribution in [0.15, 0.2) is 30.6 Å². The van der Waals surface area contributed by atoms with Crippen LogP contribution in [0.3, 0.4) is 0 Å². The quantitative estimate of drug-likeness (QED) is 0.915. The van der Waals surface area contributed by atoms with Gasteiger partial charge in [0.25, 0.3) is 0 Å². The molecule has 0 aliphatic rings. The second-order valence-electron chi connectivity index (χ2n) is 4.58. The van der Waals surface area contributed by atoms with Crippen molar-refractivity contribution in [3.8, 4) is 0 Å². The van der Waals surface area contributed by atoms with E-state index < -0.39 is 0 Å². The summed E-state index contributed by atoms with van der Waals surface area (Å²) in [5.41, 5.74) is 6.48. The SMILES string of the molecule is CCC(N)Cc1nccn1Cc1cc(Cl)ccc1F. The van der Waals surface area contributed by atoms with Gasteiger partial charge in [0.2, 0.25) is 0 Å². The first kappa shape index (κ1) is 14.0. The van der Waals surface area contributed by atoms with Crippen molar-refractivity contribution in [2.24, 2.45) is 5.73 Å². The van der Waals surface area contributed by atoms with Gasteiger partial charge in [-0.25, -0.2) is 9.37 Å². The van der Waals surface area contributed by atoms with Crippen molar-refractivity contribution < 1.29 is 4.39 Å². The predicted molar refractivity (Wildman–Crippen MR) is 74.7 cm³/mol. The zero-order chi connectivity index (χ0) is 13.8. The zero-order valence-corrected chi connectivity index (χ0v) is 11.6. The molecule has 1 heterocycles. The van der Waals surface area contributed by atoms with Crippen LogP contribution in [0, 0.1) is 5.82 Å². The van der Waals surface area contributed by atoms with E-state index in [0.717, 1.165) is 12.2 Å². The third-order valence-electron chi connectivity index (χ3n) is 3.12. The number of nitrogens with zero attached hydrogens (tertiary/aromatic N) is 2. The molecule has 19 heavy (non-hydrogen) atoms. The van der Waals surface area contributed by atoms with E-state index in [4.69, 9.17) is 17.3 Å². The van der Waals surface area contributed by atoms with E-state index in [1.54, 1.807) is 18.3 Å². The van der Waals surface area contributed by atoms with E-state index >= 15 is 0 Å². The number of hydrogen-bond donors (Lipinski definition) is 1. The summed E-state index contributed by atoms with van der Waals surface area (Å²) in [5, 5.41) is 0.531. The summed E-state index contributed by atoms with van der Waals surface area (Å²) >= 11 is 5.89. The van der Waals surface area contributed by atoms with Gasteiger partial charge in [-0.3, -0.25) is 0 Å². The maximum absolute atomic E-state index is 13.7. The molecule has 1 atom stereocenters. The molecule has 2 aromatic rings. The Morgan fingerprint density at radius 2 is 2.26 bits per heavy atom. The Labute approximate surface area is 117 Å². The van der Waals surface area contributed by atoms with Crippen molar-refractivity contribution in [2.45, 2.75) is 32.4 Å². The fourth-order valence-electron chi connectivity index (χ4n) is 1.90. The number of halogens is 2. The molecule has 2 rings (SSSR count). The summed E-state index contributed by atoms with van der Waals surface area (Å²) in [6.07, 6.45) is 5.11. The predicted octanol–water partition coefficient (Wildman–Crippen LogP) is 3.00. The molecular weight excluding hydrogens is 265 g/mol. The molecule has 0 aliphatic heterocycles. The summed E-state index contributed by atoms with van der Waals surface area (Å²) in [7, 11) is 0. The molecule has 0 bridgehead atoms. The van der Waals surface area contributed by atoms with Gasteiger partial charge in [-0.15, -0.1) is 0 Å². The van der Waals surface area contributed by atoms with Gasteiger partial charge >= 0.3 is 0 Å². The van der Waals surface area contributed by atoms with Gasteiger partial charge in [-0.1, -0.05) is 18.5 Å². The highest BCUT2D eigenvalue weighted by atomic mass is 35.5. The van der Waals surface area contributed by atoms with Crippen LogP contribution in [0.5, 0.6) is 0 Å². The second kappa shape index (κ2) is 6.17. The van der Waals surface area contributed by atoms with Gasteiger partial charge in [-0.2, -0.15) is 0 Å². The number of benzene rings is 1. The molecule has 1 aromatic heterocycles. The van der Waals surface area contributed by atoms with Crippen molar-refractivity contribution in [1.29, 1.82) is 0 Å². The van der Waals surface area contributed by atoms with Crippen molar-refractivity contribution >= 4 is 11.6 Å². The lowest BCUT2D eigenvalue weighted by atomic mass is 10.1. The van der Waals surface area contributed by atoms with E-state index in [1.807, 2.05) is 17.7 Å². The molecule has 0 spiro atoms. The first-order valence-electron chi connectivity index (χ1n) is 6.29. The molecule has 102 valence electrons. The van der Waals surface area contributed by atoms with E-state index in [2.05, 4.69) is 4.98 Å². The molecule has 0 amide bonds. The molecule has 0 saturated carbocycles. The van der Waals surface area contributed by atoms with Crippen molar-refractivity contribution in [3.05, 3.63) is 52.8 Å². The minimum Gasteiger partial charge on any atom is -0.330 e. The van der Waals surface area contributed by atoms with Crippen LogP contribution in [0.25, 0.3) is 0 Å². The lowest BCUT2D eigenvalue weighted by Gasteiger charge is -2.12. The van der Waals surface area contributed by atoms with Crippen LogP contribution >= 0.6 is 11.6 Å². The van der Waals surface area contributed by atoms with Gasteiger partial charge in [-0.05, 0) is 24.6 Å². The molecule has 0 aliphatic carbocycles. The van der Waals surface area contributed by atoms with Crippen LogP contribution in [-0.4, -0.2) is 15.6 Å². The lowest BCUT2D eigenvalue weighted by molar-refractivity contribution is 0.575. The number of imidazole rings is 1. The van der Waals surface area contributed by atoms with Crippen LogP contribution < -0.4 is 5.73 Å². The lowest BCUT2D eigenvalue weighted by Crippen LogP contribution is -2.23. The van der Waals surface area contributed by atoms with Crippen LogP contribution in [0.1, 0.15) is 24.7 Å².